The van der Waals surface area contributed by atoms with E-state index >= 15 is 0 Å². The van der Waals surface area contributed by atoms with Crippen LogP contribution in [0.15, 0.2) is 35.6 Å². The minimum atomic E-state index is -0.715. The smallest absolute Gasteiger partial charge is 0.341 e. The second-order valence-electron chi connectivity index (χ2n) is 10.3. The monoisotopic (exact) mass is 539 g/mol. The Balaban J connectivity index is 1.11. The third-order valence-electron chi connectivity index (χ3n) is 7.31. The predicted octanol–water partition coefficient (Wildman–Crippen LogP) is 4.65. The highest BCUT2D eigenvalue weighted by Crippen LogP contribution is 2.34. The summed E-state index contributed by atoms with van der Waals surface area (Å²) >= 11 is 0. The molecule has 1 atom stereocenters. The van der Waals surface area contributed by atoms with E-state index < -0.39 is 35.6 Å². The second-order valence-corrected chi connectivity index (χ2v) is 10.3. The van der Waals surface area contributed by atoms with Gasteiger partial charge in [-0.05, 0) is 43.4 Å². The first-order valence-corrected chi connectivity index (χ1v) is 12.9. The number of hydrazone groups is 1. The molecule has 3 aromatic rings. The molecule has 39 heavy (non-hydrogen) atoms. The summed E-state index contributed by atoms with van der Waals surface area (Å²) in [5, 5.41) is 13.3. The minimum absolute atomic E-state index is 0.0393. The van der Waals surface area contributed by atoms with Crippen molar-refractivity contribution in [1.29, 1.82) is 0 Å². The van der Waals surface area contributed by atoms with Crippen LogP contribution in [0.3, 0.4) is 0 Å². The third kappa shape index (κ3) is 5.02. The number of benzene rings is 1. The molecule has 1 N–H and O–H groups in total. The number of pyridine rings is 1. The highest BCUT2D eigenvalue weighted by molar-refractivity contribution is 5.79. The average molecular weight is 540 g/mol. The van der Waals surface area contributed by atoms with Crippen molar-refractivity contribution in [2.45, 2.75) is 38.3 Å². The number of nitrogens with one attached hydrogen (secondary N) is 1. The summed E-state index contributed by atoms with van der Waals surface area (Å²) in [6.07, 6.45) is 5.04. The first-order valence-electron chi connectivity index (χ1n) is 12.9. The number of aromatic nitrogens is 3. The first-order chi connectivity index (χ1) is 18.8. The van der Waals surface area contributed by atoms with Gasteiger partial charge in [-0.3, -0.25) is 9.67 Å². The fourth-order valence-corrected chi connectivity index (χ4v) is 4.99. The summed E-state index contributed by atoms with van der Waals surface area (Å²) in [5.74, 6) is -0.518. The van der Waals surface area contributed by atoms with Gasteiger partial charge in [-0.15, -0.1) is 0 Å². The van der Waals surface area contributed by atoms with Crippen LogP contribution in [-0.2, 0) is 7.05 Å². The average Bonchev–Trinajstić information content (AvgIpc) is 3.48. The Morgan fingerprint density at radius 2 is 1.87 bits per heavy atom. The van der Waals surface area contributed by atoms with Gasteiger partial charge >= 0.3 is 6.03 Å². The molecule has 0 spiro atoms. The van der Waals surface area contributed by atoms with E-state index in [0.717, 1.165) is 35.9 Å². The molecule has 2 amide bonds. The van der Waals surface area contributed by atoms with Crippen molar-refractivity contribution in [3.05, 3.63) is 59.0 Å². The molecule has 3 aliphatic rings. The van der Waals surface area contributed by atoms with Crippen molar-refractivity contribution >= 4 is 18.1 Å². The quantitative estimate of drug-likeness (QED) is 0.473. The zero-order chi connectivity index (χ0) is 27.3. The number of carbonyl (C=O) groups excluding carboxylic acids is 1. The van der Waals surface area contributed by atoms with E-state index in [1.165, 1.54) is 34.9 Å². The highest BCUT2D eigenvalue weighted by Gasteiger charge is 2.39. The van der Waals surface area contributed by atoms with Crippen LogP contribution in [0.1, 0.15) is 36.4 Å². The molecule has 0 radical (unpaired) electrons. The molecule has 9 nitrogen and oxygen atoms in total. The number of hydrogen-bond donors (Lipinski definition) is 1. The molecule has 1 aliphatic carbocycles. The Morgan fingerprint density at radius 1 is 1.13 bits per heavy atom. The van der Waals surface area contributed by atoms with E-state index in [9.17, 15) is 18.0 Å². The Kier molecular flexibility index (Phi) is 6.40. The topological polar surface area (TPSA) is 87.9 Å². The zero-order valence-corrected chi connectivity index (χ0v) is 21.6. The lowest BCUT2D eigenvalue weighted by molar-refractivity contribution is 0.0256. The van der Waals surface area contributed by atoms with Gasteiger partial charge in [-0.1, -0.05) is 0 Å². The molecule has 6 rings (SSSR count). The first kappa shape index (κ1) is 25.2. The third-order valence-corrected chi connectivity index (χ3v) is 7.31. The van der Waals surface area contributed by atoms with Gasteiger partial charge in [-0.25, -0.2) is 23.0 Å². The second kappa shape index (κ2) is 9.90. The van der Waals surface area contributed by atoms with Gasteiger partial charge < -0.3 is 15.0 Å². The van der Waals surface area contributed by atoms with Crippen LogP contribution in [0, 0.1) is 30.3 Å². The van der Waals surface area contributed by atoms with E-state index in [4.69, 9.17) is 4.74 Å². The lowest BCUT2D eigenvalue weighted by Crippen LogP contribution is -2.58. The van der Waals surface area contributed by atoms with Crippen LogP contribution in [0.5, 0.6) is 5.75 Å². The Labute approximate surface area is 223 Å². The van der Waals surface area contributed by atoms with Crippen molar-refractivity contribution in [3.63, 3.8) is 0 Å². The maximum atomic E-state index is 14.6. The molecular weight excluding hydrogens is 511 g/mol. The van der Waals surface area contributed by atoms with Gasteiger partial charge in [0.1, 0.15) is 17.7 Å². The molecule has 4 heterocycles. The van der Waals surface area contributed by atoms with Crippen molar-refractivity contribution in [2.24, 2.45) is 18.1 Å². The van der Waals surface area contributed by atoms with Crippen LogP contribution in [-0.4, -0.2) is 62.7 Å². The van der Waals surface area contributed by atoms with Gasteiger partial charge in [0, 0.05) is 43.9 Å². The van der Waals surface area contributed by atoms with Gasteiger partial charge in [0.2, 0.25) is 0 Å². The molecule has 2 aromatic heterocycles. The van der Waals surface area contributed by atoms with E-state index in [2.05, 4.69) is 20.5 Å². The number of amides is 2. The molecule has 0 bridgehead atoms. The maximum absolute atomic E-state index is 14.6. The standard InChI is InChI=1S/C27H28F3N7O2/c1-15-25(35(2)34-26(15)32-11-16-3-4-16)22-10-24(21(30)12-31-22)39-20-13-36(14-20)27(38)37-23(5-6-33-37)17-7-18(28)9-19(29)8-17/h6-10,12,16,20,23H,3-5,11,13-14H2,1-2H3,(H,32,34)/t23-/m0/s1. The van der Waals surface area contributed by atoms with E-state index in [0.29, 0.717) is 23.6 Å². The van der Waals surface area contributed by atoms with Crippen molar-refractivity contribution < 1.29 is 22.7 Å². The molecule has 2 fully saturated rings. The number of urea groups is 1. The Morgan fingerprint density at radius 3 is 2.59 bits per heavy atom. The van der Waals surface area contributed by atoms with Crippen LogP contribution in [0.4, 0.5) is 23.8 Å². The summed E-state index contributed by atoms with van der Waals surface area (Å²) in [5.41, 5.74) is 2.54. The minimum Gasteiger partial charge on any atom is -0.483 e. The summed E-state index contributed by atoms with van der Waals surface area (Å²) < 4.78 is 49.7. The summed E-state index contributed by atoms with van der Waals surface area (Å²) in [6.45, 7) is 3.26. The molecule has 204 valence electrons. The fourth-order valence-electron chi connectivity index (χ4n) is 4.99. The highest BCUT2D eigenvalue weighted by atomic mass is 19.1. The molecule has 12 heteroatoms. The largest absolute Gasteiger partial charge is 0.483 e. The van der Waals surface area contributed by atoms with Gasteiger partial charge in [0.05, 0.1) is 36.7 Å². The SMILES string of the molecule is Cc1c(NCC2CC2)nn(C)c1-c1cc(OC2CN(C(=O)N3N=CC[C@H]3c3cc(F)cc(F)c3)C2)c(F)cn1. The maximum Gasteiger partial charge on any atom is 0.341 e. The summed E-state index contributed by atoms with van der Waals surface area (Å²) in [7, 11) is 1.82. The molecule has 1 saturated carbocycles. The number of nitrogens with zero attached hydrogens (tertiary/aromatic N) is 6. The van der Waals surface area contributed by atoms with Gasteiger partial charge in [0.15, 0.2) is 17.4 Å². The molecular formula is C27H28F3N7O2. The normalized spacial score (nSPS) is 18.9. The van der Waals surface area contributed by atoms with E-state index in [-0.39, 0.29) is 18.8 Å². The van der Waals surface area contributed by atoms with Crippen LogP contribution < -0.4 is 10.1 Å². The number of likely N-dealkylation sites (tertiary alicyclic amines) is 1. The van der Waals surface area contributed by atoms with E-state index in [1.54, 1.807) is 17.0 Å². The predicted molar refractivity (Wildman–Crippen MR) is 138 cm³/mol. The summed E-state index contributed by atoms with van der Waals surface area (Å²) in [4.78, 5) is 18.8. The number of ether oxygens (including phenoxy) is 1. The van der Waals surface area contributed by atoms with Crippen LogP contribution in [0.2, 0.25) is 0 Å². The Hall–Kier alpha value is -4.09. The lowest BCUT2D eigenvalue weighted by Gasteiger charge is -2.41. The molecule has 1 saturated heterocycles. The van der Waals surface area contributed by atoms with Crippen LogP contribution >= 0.6 is 0 Å². The number of carbonyl (C=O) groups is 1. The summed E-state index contributed by atoms with van der Waals surface area (Å²) in [6, 6.07) is 3.72. The number of halogens is 3. The molecule has 2 aliphatic heterocycles. The van der Waals surface area contributed by atoms with E-state index in [1.807, 2.05) is 14.0 Å². The van der Waals surface area contributed by atoms with Crippen molar-refractivity contribution in [1.82, 2.24) is 24.7 Å². The zero-order valence-electron chi connectivity index (χ0n) is 21.6. The lowest BCUT2D eigenvalue weighted by atomic mass is 10.0. The van der Waals surface area contributed by atoms with Gasteiger partial charge in [0.25, 0.3) is 0 Å². The van der Waals surface area contributed by atoms with Gasteiger partial charge in [-0.2, -0.15) is 10.2 Å². The van der Waals surface area contributed by atoms with Crippen molar-refractivity contribution in [3.8, 4) is 17.1 Å². The number of hydrogen-bond acceptors (Lipinski definition) is 6. The fraction of sp³-hybridized carbons (Fsp3) is 0.407. The van der Waals surface area contributed by atoms with Crippen LogP contribution in [0.25, 0.3) is 11.4 Å². The molecule has 1 aromatic carbocycles. The number of rotatable bonds is 7. The number of aryl methyl sites for hydroxylation is 1. The Bertz CT molecular complexity index is 1430. The number of anilines is 1. The molecule has 0 unspecified atom stereocenters. The van der Waals surface area contributed by atoms with Crippen molar-refractivity contribution in [2.75, 3.05) is 25.0 Å².